The molecule has 37 heavy (non-hydrogen) atoms. The molecule has 2 aromatic rings. The van der Waals surface area contributed by atoms with Gasteiger partial charge in [0.2, 0.25) is 0 Å². The first-order valence-electron chi connectivity index (χ1n) is 12.5. The summed E-state index contributed by atoms with van der Waals surface area (Å²) in [5.41, 5.74) is 1.93. The molecule has 1 amide bonds. The van der Waals surface area contributed by atoms with Gasteiger partial charge in [0.05, 0.1) is 4.91 Å². The van der Waals surface area contributed by atoms with Crippen molar-refractivity contribution in [2.45, 2.75) is 38.6 Å². The Kier molecular flexibility index (Phi) is 7.10. The maximum atomic E-state index is 13.4. The summed E-state index contributed by atoms with van der Waals surface area (Å²) in [5, 5.41) is 9.74. The third kappa shape index (κ3) is 4.66. The average Bonchev–Trinajstić information content (AvgIpc) is 3.51. The molecule has 0 bridgehead atoms. The smallest absolute Gasteiger partial charge is 0.270 e. The van der Waals surface area contributed by atoms with E-state index < -0.39 is 0 Å². The maximum absolute atomic E-state index is 13.4. The third-order valence-corrected chi connectivity index (χ3v) is 8.86. The molecule has 5 rings (SSSR count). The minimum Gasteiger partial charge on any atom is -0.368 e. The van der Waals surface area contributed by atoms with Crippen LogP contribution >= 0.6 is 24.0 Å². The number of piperazine rings is 1. The van der Waals surface area contributed by atoms with Gasteiger partial charge in [0.15, 0.2) is 0 Å². The molecule has 1 aliphatic carbocycles. The largest absolute Gasteiger partial charge is 0.368 e. The number of halogens is 1. The number of carbonyl (C=O) groups is 1. The number of hydrogen-bond acceptors (Lipinski definition) is 7. The van der Waals surface area contributed by atoms with Gasteiger partial charge in [-0.3, -0.25) is 19.1 Å². The lowest BCUT2D eigenvalue weighted by Crippen LogP contribution is -2.48. The van der Waals surface area contributed by atoms with Crippen molar-refractivity contribution >= 4 is 51.8 Å². The van der Waals surface area contributed by atoms with Gasteiger partial charge >= 0.3 is 0 Å². The molecular formula is C27H28FN5O2S2. The van der Waals surface area contributed by atoms with Gasteiger partial charge in [-0.25, -0.2) is 4.39 Å². The summed E-state index contributed by atoms with van der Waals surface area (Å²) in [6.45, 7) is 4.38. The van der Waals surface area contributed by atoms with Gasteiger partial charge in [0, 0.05) is 50.5 Å². The fourth-order valence-corrected chi connectivity index (χ4v) is 6.89. The van der Waals surface area contributed by atoms with Crippen molar-refractivity contribution in [2.24, 2.45) is 7.05 Å². The van der Waals surface area contributed by atoms with Crippen molar-refractivity contribution in [1.82, 2.24) is 9.47 Å². The molecule has 0 unspecified atom stereocenters. The highest BCUT2D eigenvalue weighted by atomic mass is 32.2. The van der Waals surface area contributed by atoms with Gasteiger partial charge in [-0.05, 0) is 55.7 Å². The van der Waals surface area contributed by atoms with Crippen molar-refractivity contribution in [3.8, 4) is 6.07 Å². The number of thioether (sulfide) groups is 1. The van der Waals surface area contributed by atoms with Crippen LogP contribution < -0.4 is 15.4 Å². The van der Waals surface area contributed by atoms with Crippen molar-refractivity contribution < 1.29 is 9.18 Å². The standard InChI is InChI=1S/C27H28FN5O2S2/c1-17-21(15-23-26(35)33(27(36)37-23)20-5-3-4-6-20)24(30(2)25(34)22(17)16-29)32-13-11-31(12-14-32)19-9-7-18(28)8-10-19/h7-10,15,20H,3-6,11-14H2,1-2H3. The molecule has 0 N–H and O–H groups in total. The number of pyridine rings is 1. The minimum atomic E-state index is -0.355. The molecule has 3 aliphatic rings. The third-order valence-electron chi connectivity index (χ3n) is 7.53. The van der Waals surface area contributed by atoms with Gasteiger partial charge in [-0.1, -0.05) is 36.8 Å². The van der Waals surface area contributed by atoms with E-state index in [1.807, 2.05) is 6.08 Å². The Labute approximate surface area is 225 Å². The van der Waals surface area contributed by atoms with E-state index in [0.717, 1.165) is 31.4 Å². The summed E-state index contributed by atoms with van der Waals surface area (Å²) in [6.07, 6.45) is 5.92. The summed E-state index contributed by atoms with van der Waals surface area (Å²) in [4.78, 5) is 33.1. The second-order valence-electron chi connectivity index (χ2n) is 9.65. The van der Waals surface area contributed by atoms with Gasteiger partial charge in [0.25, 0.3) is 11.5 Å². The second kappa shape index (κ2) is 10.3. The second-order valence-corrected chi connectivity index (χ2v) is 11.3. The number of thiocarbonyl (C=S) groups is 1. The van der Waals surface area contributed by atoms with Crippen LogP contribution in [0.1, 0.15) is 42.4 Å². The van der Waals surface area contributed by atoms with E-state index in [9.17, 15) is 19.2 Å². The van der Waals surface area contributed by atoms with Gasteiger partial charge in [-0.2, -0.15) is 5.26 Å². The molecule has 3 heterocycles. The van der Waals surface area contributed by atoms with Gasteiger partial charge < -0.3 is 9.80 Å². The lowest BCUT2D eigenvalue weighted by atomic mass is 10.0. The van der Waals surface area contributed by atoms with Crippen LogP contribution in [-0.2, 0) is 11.8 Å². The molecule has 1 aromatic carbocycles. The predicted molar refractivity (Wildman–Crippen MR) is 149 cm³/mol. The fraction of sp³-hybridized carbons (Fsp3) is 0.407. The Morgan fingerprint density at radius 3 is 2.32 bits per heavy atom. The van der Waals surface area contributed by atoms with Gasteiger partial charge in [-0.15, -0.1) is 0 Å². The molecule has 1 saturated carbocycles. The number of amides is 1. The number of benzene rings is 1. The zero-order chi connectivity index (χ0) is 26.3. The fourth-order valence-electron chi connectivity index (χ4n) is 5.51. The van der Waals surface area contributed by atoms with E-state index in [1.165, 1.54) is 28.5 Å². The molecule has 1 aromatic heterocycles. The molecule has 192 valence electrons. The van der Waals surface area contributed by atoms with E-state index in [-0.39, 0.29) is 28.9 Å². The van der Waals surface area contributed by atoms with E-state index >= 15 is 0 Å². The molecule has 10 heteroatoms. The van der Waals surface area contributed by atoms with Crippen molar-refractivity contribution in [1.29, 1.82) is 5.26 Å². The highest BCUT2D eigenvalue weighted by Crippen LogP contribution is 2.39. The lowest BCUT2D eigenvalue weighted by Gasteiger charge is -2.38. The molecule has 2 saturated heterocycles. The van der Waals surface area contributed by atoms with Gasteiger partial charge in [0.1, 0.15) is 27.6 Å². The summed E-state index contributed by atoms with van der Waals surface area (Å²) in [6, 6.07) is 8.65. The Hall–Kier alpha value is -3.16. The summed E-state index contributed by atoms with van der Waals surface area (Å²) in [5.74, 6) is 0.320. The molecule has 0 atom stereocenters. The SMILES string of the molecule is Cc1c(C=C2SC(=S)N(C3CCCC3)C2=O)c(N2CCN(c3ccc(F)cc3)CC2)n(C)c(=O)c1C#N. The molecule has 3 fully saturated rings. The highest BCUT2D eigenvalue weighted by molar-refractivity contribution is 8.26. The molecule has 0 spiro atoms. The van der Waals surface area contributed by atoms with Crippen LogP contribution in [0.5, 0.6) is 0 Å². The van der Waals surface area contributed by atoms with Crippen LogP contribution in [0.3, 0.4) is 0 Å². The summed E-state index contributed by atoms with van der Waals surface area (Å²) < 4.78 is 15.5. The van der Waals surface area contributed by atoms with Crippen molar-refractivity contribution in [3.63, 3.8) is 0 Å². The summed E-state index contributed by atoms with van der Waals surface area (Å²) >= 11 is 6.87. The monoisotopic (exact) mass is 537 g/mol. The van der Waals surface area contributed by atoms with Crippen LogP contribution in [0.15, 0.2) is 34.0 Å². The minimum absolute atomic E-state index is 0.0775. The normalized spacial score (nSPS) is 19.8. The highest BCUT2D eigenvalue weighted by Gasteiger charge is 2.38. The number of nitrogens with zero attached hydrogens (tertiary/aromatic N) is 5. The van der Waals surface area contributed by atoms with E-state index in [2.05, 4.69) is 15.9 Å². The molecule has 7 nitrogen and oxygen atoms in total. The average molecular weight is 538 g/mol. The lowest BCUT2D eigenvalue weighted by molar-refractivity contribution is -0.123. The Bertz CT molecular complexity index is 1380. The molecular weight excluding hydrogens is 509 g/mol. The zero-order valence-electron chi connectivity index (χ0n) is 20.9. The first-order chi connectivity index (χ1) is 17.8. The zero-order valence-corrected chi connectivity index (χ0v) is 22.5. The number of aromatic nitrogens is 1. The van der Waals surface area contributed by atoms with Crippen LogP contribution in [0.4, 0.5) is 15.9 Å². The quantitative estimate of drug-likeness (QED) is 0.428. The number of carbonyl (C=O) groups excluding carboxylic acids is 1. The van der Waals surface area contributed by atoms with Crippen LogP contribution in [0, 0.1) is 24.1 Å². The first-order valence-corrected chi connectivity index (χ1v) is 13.7. The number of hydrogen-bond donors (Lipinski definition) is 0. The molecule has 2 aliphatic heterocycles. The van der Waals surface area contributed by atoms with Crippen molar-refractivity contribution in [2.75, 3.05) is 36.0 Å². The topological polar surface area (TPSA) is 72.6 Å². The van der Waals surface area contributed by atoms with E-state index in [1.54, 1.807) is 31.0 Å². The van der Waals surface area contributed by atoms with Crippen LogP contribution in [0.2, 0.25) is 0 Å². The van der Waals surface area contributed by atoms with E-state index in [4.69, 9.17) is 12.2 Å². The Balaban J connectivity index is 1.50. The van der Waals surface area contributed by atoms with Crippen LogP contribution in [-0.4, -0.2) is 51.9 Å². The van der Waals surface area contributed by atoms with Crippen molar-refractivity contribution in [3.05, 3.63) is 62.0 Å². The Morgan fingerprint density at radius 2 is 1.70 bits per heavy atom. The van der Waals surface area contributed by atoms with Crippen LogP contribution in [0.25, 0.3) is 6.08 Å². The predicted octanol–water partition coefficient (Wildman–Crippen LogP) is 4.17. The first kappa shape index (κ1) is 25.5. The summed E-state index contributed by atoms with van der Waals surface area (Å²) in [7, 11) is 1.67. The number of nitriles is 1. The van der Waals surface area contributed by atoms with E-state index in [0.29, 0.717) is 52.3 Å². The maximum Gasteiger partial charge on any atom is 0.270 e. The number of rotatable bonds is 4. The molecule has 0 radical (unpaired) electrons. The Morgan fingerprint density at radius 1 is 1.08 bits per heavy atom. The number of anilines is 2.